The van der Waals surface area contributed by atoms with Crippen LogP contribution in [0.25, 0.3) is 0 Å². The second-order valence-corrected chi connectivity index (χ2v) is 7.05. The number of guanidine groups is 1. The van der Waals surface area contributed by atoms with Crippen LogP contribution in [0.2, 0.25) is 0 Å². The fourth-order valence-corrected chi connectivity index (χ4v) is 2.47. The number of hydrogen-bond donors (Lipinski definition) is 3. The van der Waals surface area contributed by atoms with Gasteiger partial charge in [0.05, 0.1) is 11.3 Å². The fraction of sp³-hybridized carbons (Fsp3) is 0.500. The van der Waals surface area contributed by atoms with Crippen LogP contribution in [0.3, 0.4) is 0 Å². The molecule has 0 aliphatic rings. The molecule has 0 bridgehead atoms. The molecule has 0 fully saturated rings. The van der Waals surface area contributed by atoms with Gasteiger partial charge in [0.2, 0.25) is 10.0 Å². The van der Waals surface area contributed by atoms with E-state index in [1.807, 2.05) is 0 Å². The summed E-state index contributed by atoms with van der Waals surface area (Å²) in [6, 6.07) is 2.43. The van der Waals surface area contributed by atoms with Gasteiger partial charge < -0.3 is 10.6 Å². The number of nitrogens with one attached hydrogen (secondary N) is 3. The van der Waals surface area contributed by atoms with E-state index in [9.17, 15) is 26.0 Å². The second kappa shape index (κ2) is 10.9. The molecule has 0 saturated heterocycles. The number of benzene rings is 1. The molecular weight excluding hydrogens is 491 g/mol. The fourth-order valence-electron chi connectivity index (χ4n) is 1.86. The molecule has 0 amide bonds. The van der Waals surface area contributed by atoms with Crippen molar-refractivity contribution in [3.8, 4) is 0 Å². The summed E-state index contributed by atoms with van der Waals surface area (Å²) in [5, 5.41) is 5.43. The van der Waals surface area contributed by atoms with E-state index in [0.717, 1.165) is 12.1 Å². The highest BCUT2D eigenvalue weighted by atomic mass is 127. The Hall–Kier alpha value is -1.15. The van der Waals surface area contributed by atoms with Gasteiger partial charge >= 0.3 is 6.18 Å². The third kappa shape index (κ3) is 8.49. The van der Waals surface area contributed by atoms with Gasteiger partial charge in [0.1, 0.15) is 5.82 Å². The Bertz CT molecular complexity index is 711. The van der Waals surface area contributed by atoms with Crippen molar-refractivity contribution in [3.05, 3.63) is 35.1 Å². The van der Waals surface area contributed by atoms with Gasteiger partial charge in [0.15, 0.2) is 5.96 Å². The highest BCUT2D eigenvalue weighted by Crippen LogP contribution is 2.32. The molecule has 1 aromatic carbocycles. The molecule has 0 atom stereocenters. The lowest BCUT2D eigenvalue weighted by molar-refractivity contribution is -0.138. The molecule has 0 spiro atoms. The third-order valence-electron chi connectivity index (χ3n) is 3.17. The molecule has 6 nitrogen and oxygen atoms in total. The van der Waals surface area contributed by atoms with E-state index in [1.165, 1.54) is 14.0 Å². The molecule has 12 heteroatoms. The standard InChI is InChI=1S/C14H20F4N4O2S.HI/c1-3-25(23,24)22-7-6-20-13(19-2)21-9-10-4-5-11(15)8-12(10)14(16,17)18;/h4-5,8,22H,3,6-7,9H2,1-2H3,(H2,19,20,21);1H. The van der Waals surface area contributed by atoms with E-state index in [1.54, 1.807) is 0 Å². The normalized spacial score (nSPS) is 12.5. The van der Waals surface area contributed by atoms with Gasteiger partial charge in [-0.25, -0.2) is 17.5 Å². The Balaban J connectivity index is 0.00000625. The van der Waals surface area contributed by atoms with Crippen LogP contribution in [-0.4, -0.2) is 40.3 Å². The minimum Gasteiger partial charge on any atom is -0.355 e. The number of halogens is 5. The summed E-state index contributed by atoms with van der Waals surface area (Å²) in [7, 11) is -1.90. The van der Waals surface area contributed by atoms with Crippen LogP contribution in [0, 0.1) is 5.82 Å². The molecule has 1 rings (SSSR count). The molecule has 0 saturated carbocycles. The maximum atomic E-state index is 13.1. The highest BCUT2D eigenvalue weighted by molar-refractivity contribution is 14.0. The topological polar surface area (TPSA) is 82.6 Å². The summed E-state index contributed by atoms with van der Waals surface area (Å²) < 4.78 is 76.7. The van der Waals surface area contributed by atoms with E-state index in [-0.39, 0.29) is 60.9 Å². The van der Waals surface area contributed by atoms with Crippen LogP contribution in [0.1, 0.15) is 18.1 Å². The zero-order valence-corrected chi connectivity index (χ0v) is 17.3. The van der Waals surface area contributed by atoms with Gasteiger partial charge in [-0.1, -0.05) is 6.07 Å². The van der Waals surface area contributed by atoms with Crippen molar-refractivity contribution in [2.24, 2.45) is 4.99 Å². The van der Waals surface area contributed by atoms with Gasteiger partial charge in [-0.15, -0.1) is 24.0 Å². The number of nitrogens with zero attached hydrogens (tertiary/aromatic N) is 1. The third-order valence-corrected chi connectivity index (χ3v) is 4.57. The molecule has 0 unspecified atom stereocenters. The van der Waals surface area contributed by atoms with Crippen LogP contribution in [0.5, 0.6) is 0 Å². The molecule has 0 heterocycles. The quantitative estimate of drug-likeness (QED) is 0.172. The summed E-state index contributed by atoms with van der Waals surface area (Å²) in [5.74, 6) is -0.833. The SMILES string of the molecule is CCS(=O)(=O)NCCNC(=NC)NCc1ccc(F)cc1C(F)(F)F.I. The van der Waals surface area contributed by atoms with Crippen molar-refractivity contribution < 1.29 is 26.0 Å². The molecule has 0 radical (unpaired) electrons. The Morgan fingerprint density at radius 1 is 1.19 bits per heavy atom. The van der Waals surface area contributed by atoms with Crippen molar-refractivity contribution >= 4 is 40.0 Å². The lowest BCUT2D eigenvalue weighted by Crippen LogP contribution is -2.41. The van der Waals surface area contributed by atoms with E-state index in [2.05, 4.69) is 20.3 Å². The zero-order chi connectivity index (χ0) is 19.1. The first-order chi connectivity index (χ1) is 11.6. The largest absolute Gasteiger partial charge is 0.416 e. The van der Waals surface area contributed by atoms with Gasteiger partial charge in [-0.2, -0.15) is 13.2 Å². The van der Waals surface area contributed by atoms with Crippen molar-refractivity contribution in [2.45, 2.75) is 19.6 Å². The van der Waals surface area contributed by atoms with Crippen LogP contribution in [0.4, 0.5) is 17.6 Å². The molecule has 150 valence electrons. The van der Waals surface area contributed by atoms with Gasteiger partial charge in [0, 0.05) is 26.7 Å². The molecule has 0 aromatic heterocycles. The first kappa shape index (κ1) is 24.8. The lowest BCUT2D eigenvalue weighted by Gasteiger charge is -2.16. The van der Waals surface area contributed by atoms with Crippen LogP contribution in [0.15, 0.2) is 23.2 Å². The Labute approximate surface area is 166 Å². The van der Waals surface area contributed by atoms with Crippen molar-refractivity contribution in [3.63, 3.8) is 0 Å². The Kier molecular flexibility index (Phi) is 10.4. The summed E-state index contributed by atoms with van der Waals surface area (Å²) in [4.78, 5) is 3.83. The molecule has 26 heavy (non-hydrogen) atoms. The van der Waals surface area contributed by atoms with Crippen LogP contribution in [-0.2, 0) is 22.7 Å². The molecular formula is C14H21F4IN4O2S. The molecule has 1 aromatic rings. The molecule has 3 N–H and O–H groups in total. The molecule has 0 aliphatic carbocycles. The smallest absolute Gasteiger partial charge is 0.355 e. The van der Waals surface area contributed by atoms with E-state index in [0.29, 0.717) is 6.07 Å². The first-order valence-corrected chi connectivity index (χ1v) is 9.01. The average Bonchev–Trinajstić information content (AvgIpc) is 2.54. The Morgan fingerprint density at radius 3 is 2.38 bits per heavy atom. The zero-order valence-electron chi connectivity index (χ0n) is 14.2. The van der Waals surface area contributed by atoms with Gasteiger partial charge in [-0.05, 0) is 24.6 Å². The number of alkyl halides is 3. The van der Waals surface area contributed by atoms with Crippen LogP contribution < -0.4 is 15.4 Å². The van der Waals surface area contributed by atoms with Crippen molar-refractivity contribution in [2.75, 3.05) is 25.9 Å². The number of rotatable bonds is 7. The summed E-state index contributed by atoms with van der Waals surface area (Å²) in [6.45, 7) is 1.56. The van der Waals surface area contributed by atoms with Crippen molar-refractivity contribution in [1.82, 2.24) is 15.4 Å². The van der Waals surface area contributed by atoms with Gasteiger partial charge in [-0.3, -0.25) is 4.99 Å². The van der Waals surface area contributed by atoms with Crippen molar-refractivity contribution in [1.29, 1.82) is 0 Å². The number of hydrogen-bond acceptors (Lipinski definition) is 3. The first-order valence-electron chi connectivity index (χ1n) is 7.36. The van der Waals surface area contributed by atoms with E-state index >= 15 is 0 Å². The molecule has 0 aliphatic heterocycles. The predicted octanol–water partition coefficient (Wildman–Crippen LogP) is 2.07. The maximum Gasteiger partial charge on any atom is 0.416 e. The van der Waals surface area contributed by atoms with Gasteiger partial charge in [0.25, 0.3) is 0 Å². The summed E-state index contributed by atoms with van der Waals surface area (Å²) in [6.07, 6.45) is -4.67. The monoisotopic (exact) mass is 512 g/mol. The lowest BCUT2D eigenvalue weighted by atomic mass is 10.1. The highest BCUT2D eigenvalue weighted by Gasteiger charge is 2.33. The Morgan fingerprint density at radius 2 is 1.85 bits per heavy atom. The maximum absolute atomic E-state index is 13.1. The minimum atomic E-state index is -4.67. The number of aliphatic imine (C=N–C) groups is 1. The predicted molar refractivity (Wildman–Crippen MR) is 102 cm³/mol. The number of sulfonamides is 1. The summed E-state index contributed by atoms with van der Waals surface area (Å²) >= 11 is 0. The average molecular weight is 512 g/mol. The minimum absolute atomic E-state index is 0. The van der Waals surface area contributed by atoms with E-state index < -0.39 is 27.6 Å². The summed E-state index contributed by atoms with van der Waals surface area (Å²) in [5.41, 5.74) is -1.20. The second-order valence-electron chi connectivity index (χ2n) is 4.95. The van der Waals surface area contributed by atoms with E-state index in [4.69, 9.17) is 0 Å². The van der Waals surface area contributed by atoms with Crippen LogP contribution >= 0.6 is 24.0 Å².